The molecular weight excluding hydrogens is 242 g/mol. The molecule has 6 heteroatoms. The second-order valence-electron chi connectivity index (χ2n) is 5.34. The molecular formula is C13H21N5O. The van der Waals surface area contributed by atoms with Gasteiger partial charge in [-0.3, -0.25) is 9.78 Å². The van der Waals surface area contributed by atoms with Crippen LogP contribution >= 0.6 is 0 Å². The number of nitrogen functional groups attached to an aromatic ring is 1. The minimum absolute atomic E-state index is 0.0728. The zero-order valence-corrected chi connectivity index (χ0v) is 11.5. The van der Waals surface area contributed by atoms with Gasteiger partial charge in [-0.05, 0) is 26.9 Å². The normalized spacial score (nSPS) is 17.6. The fourth-order valence-electron chi connectivity index (χ4n) is 2.64. The van der Waals surface area contributed by atoms with Crippen molar-refractivity contribution in [2.45, 2.75) is 31.2 Å². The molecule has 1 heterocycles. The third-order valence-electron chi connectivity index (χ3n) is 3.95. The van der Waals surface area contributed by atoms with Gasteiger partial charge in [0.2, 0.25) is 0 Å². The molecule has 0 bridgehead atoms. The van der Waals surface area contributed by atoms with Gasteiger partial charge in [0.15, 0.2) is 0 Å². The molecule has 104 valence electrons. The van der Waals surface area contributed by atoms with Crippen molar-refractivity contribution in [1.82, 2.24) is 20.2 Å². The Balaban J connectivity index is 2.00. The van der Waals surface area contributed by atoms with Gasteiger partial charge in [0, 0.05) is 12.1 Å². The van der Waals surface area contributed by atoms with Crippen LogP contribution in [0.15, 0.2) is 12.4 Å². The minimum atomic E-state index is -0.215. The lowest BCUT2D eigenvalue weighted by molar-refractivity contribution is 0.0895. The lowest BCUT2D eigenvalue weighted by Gasteiger charge is -2.36. The van der Waals surface area contributed by atoms with E-state index in [0.29, 0.717) is 6.54 Å². The number of likely N-dealkylation sites (N-methyl/N-ethyl adjacent to an activating group) is 1. The highest BCUT2D eigenvalue weighted by Gasteiger charge is 2.36. The minimum Gasteiger partial charge on any atom is -0.382 e. The predicted octanol–water partition coefficient (Wildman–Crippen LogP) is 0.663. The summed E-state index contributed by atoms with van der Waals surface area (Å²) < 4.78 is 0. The van der Waals surface area contributed by atoms with Crippen LogP contribution in [0.1, 0.15) is 36.2 Å². The van der Waals surface area contributed by atoms with Gasteiger partial charge >= 0.3 is 0 Å². The SMILES string of the molecule is CN(C)C1(CNC(=O)c2cncc(N)n2)CCCC1. The Morgan fingerprint density at radius 2 is 2.11 bits per heavy atom. The lowest BCUT2D eigenvalue weighted by atomic mass is 9.96. The van der Waals surface area contributed by atoms with Crippen molar-refractivity contribution in [2.75, 3.05) is 26.4 Å². The van der Waals surface area contributed by atoms with Gasteiger partial charge in [0.25, 0.3) is 5.91 Å². The molecule has 1 aliphatic rings. The van der Waals surface area contributed by atoms with E-state index < -0.39 is 0 Å². The number of hydrogen-bond acceptors (Lipinski definition) is 5. The molecule has 1 saturated carbocycles. The van der Waals surface area contributed by atoms with E-state index in [1.54, 1.807) is 0 Å². The highest BCUT2D eigenvalue weighted by atomic mass is 16.1. The molecule has 1 aromatic heterocycles. The first-order chi connectivity index (χ1) is 9.03. The van der Waals surface area contributed by atoms with Gasteiger partial charge in [-0.15, -0.1) is 0 Å². The highest BCUT2D eigenvalue weighted by Crippen LogP contribution is 2.33. The van der Waals surface area contributed by atoms with Crippen LogP contribution in [0.5, 0.6) is 0 Å². The Morgan fingerprint density at radius 1 is 1.42 bits per heavy atom. The monoisotopic (exact) mass is 263 g/mol. The Bertz CT molecular complexity index is 454. The van der Waals surface area contributed by atoms with Gasteiger partial charge in [0.05, 0.1) is 12.4 Å². The third kappa shape index (κ3) is 3.01. The molecule has 1 aromatic rings. The summed E-state index contributed by atoms with van der Waals surface area (Å²) in [4.78, 5) is 22.1. The second-order valence-corrected chi connectivity index (χ2v) is 5.34. The van der Waals surface area contributed by atoms with E-state index in [4.69, 9.17) is 5.73 Å². The van der Waals surface area contributed by atoms with Gasteiger partial charge in [0.1, 0.15) is 11.5 Å². The summed E-state index contributed by atoms with van der Waals surface area (Å²) in [5.74, 6) is 0.0452. The fraction of sp³-hybridized carbons (Fsp3) is 0.615. The number of anilines is 1. The maximum atomic E-state index is 12.0. The molecule has 0 radical (unpaired) electrons. The van der Waals surface area contributed by atoms with Gasteiger partial charge in [-0.2, -0.15) is 0 Å². The molecule has 0 aromatic carbocycles. The largest absolute Gasteiger partial charge is 0.382 e. The Labute approximate surface area is 113 Å². The number of carbonyl (C=O) groups excluding carboxylic acids is 1. The van der Waals surface area contributed by atoms with Gasteiger partial charge in [-0.1, -0.05) is 12.8 Å². The molecule has 19 heavy (non-hydrogen) atoms. The number of hydrogen-bond donors (Lipinski definition) is 2. The number of carbonyl (C=O) groups is 1. The second kappa shape index (κ2) is 5.52. The molecule has 3 N–H and O–H groups in total. The van der Waals surface area contributed by atoms with Crippen LogP contribution in [0.3, 0.4) is 0 Å². The summed E-state index contributed by atoms with van der Waals surface area (Å²) in [6, 6.07) is 0. The summed E-state index contributed by atoms with van der Waals surface area (Å²) in [5, 5.41) is 2.95. The average molecular weight is 263 g/mol. The molecule has 2 rings (SSSR count). The predicted molar refractivity (Wildman–Crippen MR) is 73.7 cm³/mol. The van der Waals surface area contributed by atoms with Crippen LogP contribution in [0, 0.1) is 0 Å². The fourth-order valence-corrected chi connectivity index (χ4v) is 2.64. The van der Waals surface area contributed by atoms with E-state index in [9.17, 15) is 4.79 Å². The molecule has 1 fully saturated rings. The van der Waals surface area contributed by atoms with Crippen LogP contribution in [0.25, 0.3) is 0 Å². The van der Waals surface area contributed by atoms with E-state index in [-0.39, 0.29) is 23.0 Å². The zero-order valence-electron chi connectivity index (χ0n) is 11.5. The third-order valence-corrected chi connectivity index (χ3v) is 3.95. The van der Waals surface area contributed by atoms with Gasteiger partial charge < -0.3 is 16.0 Å². The summed E-state index contributed by atoms with van der Waals surface area (Å²) in [5.41, 5.74) is 5.87. The van der Waals surface area contributed by atoms with E-state index in [2.05, 4.69) is 34.3 Å². The number of amides is 1. The lowest BCUT2D eigenvalue weighted by Crippen LogP contribution is -2.50. The molecule has 0 spiro atoms. The quantitative estimate of drug-likeness (QED) is 0.834. The molecule has 0 aliphatic heterocycles. The first-order valence-corrected chi connectivity index (χ1v) is 6.57. The van der Waals surface area contributed by atoms with Crippen molar-refractivity contribution in [1.29, 1.82) is 0 Å². The van der Waals surface area contributed by atoms with E-state index >= 15 is 0 Å². The number of nitrogens with two attached hydrogens (primary N) is 1. The van der Waals surface area contributed by atoms with Crippen molar-refractivity contribution in [3.05, 3.63) is 18.1 Å². The van der Waals surface area contributed by atoms with Crippen LogP contribution in [0.2, 0.25) is 0 Å². The van der Waals surface area contributed by atoms with Crippen LogP contribution < -0.4 is 11.1 Å². The maximum absolute atomic E-state index is 12.0. The van der Waals surface area contributed by atoms with Crippen molar-refractivity contribution >= 4 is 11.7 Å². The van der Waals surface area contributed by atoms with Crippen LogP contribution in [-0.2, 0) is 0 Å². The van der Waals surface area contributed by atoms with Gasteiger partial charge in [-0.25, -0.2) is 4.98 Å². The van der Waals surface area contributed by atoms with Crippen molar-refractivity contribution in [3.63, 3.8) is 0 Å². The summed E-state index contributed by atoms with van der Waals surface area (Å²) in [6.45, 7) is 0.634. The summed E-state index contributed by atoms with van der Waals surface area (Å²) >= 11 is 0. The van der Waals surface area contributed by atoms with E-state index in [1.165, 1.54) is 25.2 Å². The summed E-state index contributed by atoms with van der Waals surface area (Å²) in [6.07, 6.45) is 7.52. The first kappa shape index (κ1) is 13.7. The van der Waals surface area contributed by atoms with Crippen molar-refractivity contribution in [3.8, 4) is 0 Å². The first-order valence-electron chi connectivity index (χ1n) is 6.57. The number of nitrogens with zero attached hydrogens (tertiary/aromatic N) is 3. The van der Waals surface area contributed by atoms with Crippen LogP contribution in [0.4, 0.5) is 5.82 Å². The molecule has 6 nitrogen and oxygen atoms in total. The Kier molecular flexibility index (Phi) is 3.99. The van der Waals surface area contributed by atoms with Crippen LogP contribution in [-0.4, -0.2) is 47.0 Å². The number of nitrogens with one attached hydrogen (secondary N) is 1. The zero-order chi connectivity index (χ0) is 13.9. The van der Waals surface area contributed by atoms with E-state index in [1.807, 2.05) is 0 Å². The topological polar surface area (TPSA) is 84.1 Å². The average Bonchev–Trinajstić information content (AvgIpc) is 2.86. The summed E-state index contributed by atoms with van der Waals surface area (Å²) in [7, 11) is 4.13. The van der Waals surface area contributed by atoms with Crippen molar-refractivity contribution in [2.24, 2.45) is 0 Å². The highest BCUT2D eigenvalue weighted by molar-refractivity contribution is 5.92. The molecule has 1 amide bonds. The Hall–Kier alpha value is -1.69. The molecule has 0 saturated heterocycles. The molecule has 0 unspecified atom stereocenters. The molecule has 0 atom stereocenters. The number of rotatable bonds is 4. The van der Waals surface area contributed by atoms with Crippen molar-refractivity contribution < 1.29 is 4.79 Å². The van der Waals surface area contributed by atoms with E-state index in [0.717, 1.165) is 12.8 Å². The number of aromatic nitrogens is 2. The Morgan fingerprint density at radius 3 is 2.68 bits per heavy atom. The maximum Gasteiger partial charge on any atom is 0.271 e. The smallest absolute Gasteiger partial charge is 0.271 e. The standard InChI is InChI=1S/C13H21N5O/c1-18(2)13(5-3-4-6-13)9-16-12(19)10-7-15-8-11(14)17-10/h7-8H,3-6,9H2,1-2H3,(H2,14,17)(H,16,19). The molecule has 1 aliphatic carbocycles.